The van der Waals surface area contributed by atoms with Crippen LogP contribution in [0.3, 0.4) is 0 Å². The molecule has 1 aliphatic rings. The lowest BCUT2D eigenvalue weighted by Crippen LogP contribution is -2.30. The average Bonchev–Trinajstić information content (AvgIpc) is 3.34. The summed E-state index contributed by atoms with van der Waals surface area (Å²) in [4.78, 5) is 34.7. The Bertz CT molecular complexity index is 1580. The second-order valence-corrected chi connectivity index (χ2v) is 9.46. The molecule has 37 heavy (non-hydrogen) atoms. The van der Waals surface area contributed by atoms with Gasteiger partial charge in [-0.05, 0) is 44.1 Å². The van der Waals surface area contributed by atoms with E-state index in [-0.39, 0.29) is 24.7 Å². The van der Waals surface area contributed by atoms with E-state index >= 15 is 0 Å². The highest BCUT2D eigenvalue weighted by Gasteiger charge is 2.22. The van der Waals surface area contributed by atoms with Crippen LogP contribution in [0.4, 0.5) is 4.79 Å². The zero-order valence-electron chi connectivity index (χ0n) is 21.4. The molecule has 10 nitrogen and oxygen atoms in total. The number of aliphatic hydroxyl groups is 1. The Morgan fingerprint density at radius 2 is 1.81 bits per heavy atom. The maximum atomic E-state index is 14.0. The van der Waals surface area contributed by atoms with Crippen LogP contribution in [0.1, 0.15) is 18.9 Å². The van der Waals surface area contributed by atoms with Crippen LogP contribution in [0, 0.1) is 0 Å². The number of ether oxygens (including phenoxy) is 3. The van der Waals surface area contributed by atoms with Gasteiger partial charge in [0, 0.05) is 55.3 Å². The molecule has 0 unspecified atom stereocenters. The number of aliphatic hydroxyl groups excluding tert-OH is 1. The average molecular weight is 507 g/mol. The highest BCUT2D eigenvalue weighted by molar-refractivity contribution is 6.15. The van der Waals surface area contributed by atoms with E-state index in [0.717, 1.165) is 22.7 Å². The Morgan fingerprint density at radius 3 is 2.51 bits per heavy atom. The van der Waals surface area contributed by atoms with Gasteiger partial charge in [0.1, 0.15) is 5.75 Å². The van der Waals surface area contributed by atoms with Gasteiger partial charge in [0.05, 0.1) is 23.0 Å². The monoisotopic (exact) mass is 506 g/mol. The minimum atomic E-state index is -0.548. The fourth-order valence-electron chi connectivity index (χ4n) is 4.66. The van der Waals surface area contributed by atoms with Crippen LogP contribution in [0.15, 0.2) is 35.3 Å². The number of amides is 1. The molecule has 0 radical (unpaired) electrons. The van der Waals surface area contributed by atoms with Gasteiger partial charge in [0.25, 0.3) is 5.56 Å². The third-order valence-electron chi connectivity index (χ3n) is 6.58. The summed E-state index contributed by atoms with van der Waals surface area (Å²) in [6.45, 7) is 3.33. The number of carbonyl (C=O) groups is 1. The first-order chi connectivity index (χ1) is 17.8. The molecule has 0 saturated carbocycles. The maximum Gasteiger partial charge on any atom is 0.414 e. The molecule has 5 rings (SSSR count). The van der Waals surface area contributed by atoms with Gasteiger partial charge < -0.3 is 33.7 Å². The van der Waals surface area contributed by atoms with Crippen LogP contribution in [-0.2, 0) is 13.2 Å². The molecule has 1 N–H and O–H groups in total. The molecule has 0 bridgehead atoms. The molecule has 3 heterocycles. The lowest BCUT2D eigenvalue weighted by atomic mass is 10.0. The fraction of sp³-hybridized carbons (Fsp3) is 0.370. The van der Waals surface area contributed by atoms with Crippen LogP contribution in [0.2, 0.25) is 0 Å². The standard InChI is InChI=1S/C27H30N4O6/c1-5-6-30(4)27(34)37-22-10-18-17(9-16(22)14-32)20-13-28-21-12-24-23(35-15-36-24)11-19(21)25(20)31(26(18)33)8-7-29(2)3/h9-13,32H,5-8,14-15H2,1-4H3. The van der Waals surface area contributed by atoms with E-state index in [1.54, 1.807) is 29.9 Å². The largest absolute Gasteiger partial charge is 0.454 e. The van der Waals surface area contributed by atoms with E-state index < -0.39 is 6.09 Å². The number of likely N-dealkylation sites (N-methyl/N-ethyl adjacent to an activating group) is 1. The molecule has 2 aromatic carbocycles. The van der Waals surface area contributed by atoms with Gasteiger partial charge in [-0.15, -0.1) is 0 Å². The van der Waals surface area contributed by atoms with Crippen molar-refractivity contribution in [3.05, 3.63) is 46.4 Å². The van der Waals surface area contributed by atoms with Crippen molar-refractivity contribution in [1.29, 1.82) is 0 Å². The number of pyridine rings is 2. The summed E-state index contributed by atoms with van der Waals surface area (Å²) >= 11 is 0. The second-order valence-electron chi connectivity index (χ2n) is 9.46. The first-order valence-electron chi connectivity index (χ1n) is 12.2. The lowest BCUT2D eigenvalue weighted by Gasteiger charge is -2.20. The summed E-state index contributed by atoms with van der Waals surface area (Å²) < 4.78 is 18.5. The zero-order chi connectivity index (χ0) is 26.3. The molecule has 0 aliphatic carbocycles. The van der Waals surface area contributed by atoms with Crippen LogP contribution >= 0.6 is 0 Å². The molecule has 1 aliphatic heterocycles. The van der Waals surface area contributed by atoms with Crippen molar-refractivity contribution in [1.82, 2.24) is 19.4 Å². The lowest BCUT2D eigenvalue weighted by molar-refractivity contribution is 0.161. The second kappa shape index (κ2) is 9.87. The molecule has 10 heteroatoms. The predicted octanol–water partition coefficient (Wildman–Crippen LogP) is 3.33. The predicted molar refractivity (Wildman–Crippen MR) is 141 cm³/mol. The number of rotatable bonds is 7. The summed E-state index contributed by atoms with van der Waals surface area (Å²) in [7, 11) is 5.54. The Morgan fingerprint density at radius 1 is 1.05 bits per heavy atom. The minimum Gasteiger partial charge on any atom is -0.454 e. The van der Waals surface area contributed by atoms with Crippen LogP contribution in [-0.4, -0.2) is 71.6 Å². The SMILES string of the molecule is CCCN(C)C(=O)Oc1cc2c(=O)n(CCN(C)C)c3c4cc5c(cc4ncc3c2cc1CO)OCO5. The van der Waals surface area contributed by atoms with Gasteiger partial charge in [-0.2, -0.15) is 0 Å². The zero-order valence-corrected chi connectivity index (χ0v) is 21.4. The molecule has 0 saturated heterocycles. The first kappa shape index (κ1) is 24.8. The molecule has 0 atom stereocenters. The van der Waals surface area contributed by atoms with Crippen LogP contribution in [0.25, 0.3) is 32.6 Å². The number of nitrogens with zero attached hydrogens (tertiary/aromatic N) is 4. The number of aromatic nitrogens is 2. The topological polar surface area (TPSA) is 106 Å². The summed E-state index contributed by atoms with van der Waals surface area (Å²) in [6, 6.07) is 6.93. The van der Waals surface area contributed by atoms with Crippen molar-refractivity contribution in [2.24, 2.45) is 0 Å². The number of carbonyl (C=O) groups excluding carboxylic acids is 1. The highest BCUT2D eigenvalue weighted by atomic mass is 16.7. The Hall–Kier alpha value is -3.89. The van der Waals surface area contributed by atoms with Gasteiger partial charge in [-0.25, -0.2) is 4.79 Å². The summed E-state index contributed by atoms with van der Waals surface area (Å²) in [6.07, 6.45) is 1.96. The molecule has 0 fully saturated rings. The van der Waals surface area contributed by atoms with Crippen LogP contribution < -0.4 is 19.8 Å². The first-order valence-corrected chi connectivity index (χ1v) is 12.2. The Labute approximate surface area is 213 Å². The normalized spacial score (nSPS) is 12.7. The van der Waals surface area contributed by atoms with E-state index in [1.807, 2.05) is 38.1 Å². The molecular weight excluding hydrogens is 476 g/mol. The quantitative estimate of drug-likeness (QED) is 0.381. The van der Waals surface area contributed by atoms with Crippen molar-refractivity contribution in [2.45, 2.75) is 26.5 Å². The number of benzene rings is 2. The highest BCUT2D eigenvalue weighted by Crippen LogP contribution is 2.39. The molecule has 0 spiro atoms. The summed E-state index contributed by atoms with van der Waals surface area (Å²) in [5.41, 5.74) is 1.58. The molecule has 194 valence electrons. The van der Waals surface area contributed by atoms with Gasteiger partial charge >= 0.3 is 6.09 Å². The number of fused-ring (bicyclic) bond motifs is 6. The van der Waals surface area contributed by atoms with Crippen molar-refractivity contribution in [3.63, 3.8) is 0 Å². The molecule has 1 amide bonds. The van der Waals surface area contributed by atoms with Crippen molar-refractivity contribution in [2.75, 3.05) is 41.0 Å². The van der Waals surface area contributed by atoms with E-state index in [0.29, 0.717) is 53.0 Å². The van der Waals surface area contributed by atoms with E-state index in [1.165, 1.54) is 4.90 Å². The fourth-order valence-corrected chi connectivity index (χ4v) is 4.66. The Balaban J connectivity index is 1.79. The van der Waals surface area contributed by atoms with Crippen molar-refractivity contribution < 1.29 is 24.1 Å². The number of hydrogen-bond donors (Lipinski definition) is 1. The summed E-state index contributed by atoms with van der Waals surface area (Å²) in [5, 5.41) is 12.6. The Kier molecular flexibility index (Phi) is 6.61. The maximum absolute atomic E-state index is 14.0. The van der Waals surface area contributed by atoms with E-state index in [2.05, 4.69) is 4.98 Å². The van der Waals surface area contributed by atoms with Gasteiger partial charge in [0.15, 0.2) is 11.5 Å². The molecule has 4 aromatic rings. The number of hydrogen-bond acceptors (Lipinski definition) is 8. The van der Waals surface area contributed by atoms with Gasteiger partial charge in [0.2, 0.25) is 6.79 Å². The van der Waals surface area contributed by atoms with Crippen molar-refractivity contribution in [3.8, 4) is 17.2 Å². The third-order valence-corrected chi connectivity index (χ3v) is 6.58. The van der Waals surface area contributed by atoms with E-state index in [9.17, 15) is 14.7 Å². The van der Waals surface area contributed by atoms with E-state index in [4.69, 9.17) is 14.2 Å². The van der Waals surface area contributed by atoms with Gasteiger partial charge in [-0.1, -0.05) is 6.92 Å². The summed E-state index contributed by atoms with van der Waals surface area (Å²) in [5.74, 6) is 1.38. The van der Waals surface area contributed by atoms with Crippen molar-refractivity contribution >= 4 is 38.7 Å². The molecule has 2 aromatic heterocycles. The smallest absolute Gasteiger partial charge is 0.414 e. The van der Waals surface area contributed by atoms with Crippen LogP contribution in [0.5, 0.6) is 17.2 Å². The van der Waals surface area contributed by atoms with Gasteiger partial charge in [-0.3, -0.25) is 9.78 Å². The third kappa shape index (κ3) is 4.42. The molecular formula is C27H30N4O6. The minimum absolute atomic E-state index is 0.134.